The number of ether oxygens (including phenoxy) is 2. The normalized spacial score (nSPS) is 11.3. The Morgan fingerprint density at radius 2 is 1.66 bits per heavy atom. The fraction of sp³-hybridized carbons (Fsp3) is 0.211. The number of nitrogens with one attached hydrogen (secondary N) is 2. The Morgan fingerprint density at radius 1 is 1.00 bits per heavy atom. The molecule has 0 spiro atoms. The van der Waals surface area contributed by atoms with E-state index < -0.39 is 53.6 Å². The molecule has 2 aromatic rings. The smallest absolute Gasteiger partial charge is 0.326 e. The van der Waals surface area contributed by atoms with Gasteiger partial charge in [0.2, 0.25) is 0 Å². The van der Waals surface area contributed by atoms with E-state index in [1.165, 1.54) is 26.2 Å². The molecule has 29 heavy (non-hydrogen) atoms. The van der Waals surface area contributed by atoms with Gasteiger partial charge >= 0.3 is 5.97 Å². The molecule has 0 fully saturated rings. The van der Waals surface area contributed by atoms with Gasteiger partial charge in [0.15, 0.2) is 23.6 Å². The van der Waals surface area contributed by atoms with Crippen molar-refractivity contribution >= 4 is 23.5 Å². The SMILES string of the molecule is COc1ccc(C(=O)NCC(=O)O[C@@H](C)C(=O)Nc2ccc(F)c(F)c2F)cc1. The van der Waals surface area contributed by atoms with E-state index in [4.69, 9.17) is 9.47 Å². The summed E-state index contributed by atoms with van der Waals surface area (Å²) in [5.41, 5.74) is -0.331. The molecule has 2 aromatic carbocycles. The number of anilines is 1. The van der Waals surface area contributed by atoms with Crippen molar-refractivity contribution in [1.29, 1.82) is 0 Å². The molecule has 0 unspecified atom stereocenters. The van der Waals surface area contributed by atoms with Crippen LogP contribution in [0.3, 0.4) is 0 Å². The molecule has 10 heteroatoms. The molecule has 7 nitrogen and oxygen atoms in total. The predicted octanol–water partition coefficient (Wildman–Crippen LogP) is 2.41. The third-order valence-corrected chi connectivity index (χ3v) is 3.72. The highest BCUT2D eigenvalue weighted by Gasteiger charge is 2.21. The molecule has 0 saturated heterocycles. The maximum Gasteiger partial charge on any atom is 0.326 e. The first-order valence-electron chi connectivity index (χ1n) is 8.29. The van der Waals surface area contributed by atoms with E-state index >= 15 is 0 Å². The Hall–Kier alpha value is -3.56. The first-order chi connectivity index (χ1) is 13.7. The third-order valence-electron chi connectivity index (χ3n) is 3.72. The number of amides is 2. The minimum atomic E-state index is -1.74. The lowest BCUT2D eigenvalue weighted by Crippen LogP contribution is -2.36. The number of methoxy groups -OCH3 is 1. The largest absolute Gasteiger partial charge is 0.497 e. The van der Waals surface area contributed by atoms with E-state index in [0.717, 1.165) is 6.07 Å². The highest BCUT2D eigenvalue weighted by molar-refractivity contribution is 5.97. The molecule has 0 saturated carbocycles. The quantitative estimate of drug-likeness (QED) is 0.540. The molecule has 2 N–H and O–H groups in total. The fourth-order valence-corrected chi connectivity index (χ4v) is 2.15. The van der Waals surface area contributed by atoms with Crippen molar-refractivity contribution in [2.75, 3.05) is 19.0 Å². The van der Waals surface area contributed by atoms with E-state index in [0.29, 0.717) is 11.8 Å². The minimum Gasteiger partial charge on any atom is -0.497 e. The van der Waals surface area contributed by atoms with Crippen LogP contribution in [0.25, 0.3) is 0 Å². The van der Waals surface area contributed by atoms with Crippen LogP contribution in [-0.2, 0) is 14.3 Å². The van der Waals surface area contributed by atoms with E-state index in [1.807, 2.05) is 5.32 Å². The van der Waals surface area contributed by atoms with Crippen LogP contribution >= 0.6 is 0 Å². The maximum atomic E-state index is 13.6. The molecule has 1 atom stereocenters. The topological polar surface area (TPSA) is 93.7 Å². The van der Waals surface area contributed by atoms with Gasteiger partial charge in [-0.15, -0.1) is 0 Å². The zero-order valence-electron chi connectivity index (χ0n) is 15.4. The lowest BCUT2D eigenvalue weighted by molar-refractivity contribution is -0.152. The molecule has 2 rings (SSSR count). The van der Waals surface area contributed by atoms with Gasteiger partial charge in [-0.1, -0.05) is 0 Å². The number of carbonyl (C=O) groups excluding carboxylic acids is 3. The predicted molar refractivity (Wildman–Crippen MR) is 95.8 cm³/mol. The van der Waals surface area contributed by atoms with Crippen LogP contribution < -0.4 is 15.4 Å². The van der Waals surface area contributed by atoms with Crippen LogP contribution in [0.2, 0.25) is 0 Å². The Labute approximate surface area is 163 Å². The number of hydrogen-bond donors (Lipinski definition) is 2. The summed E-state index contributed by atoms with van der Waals surface area (Å²) >= 11 is 0. The molecule has 0 aliphatic rings. The van der Waals surface area contributed by atoms with Crippen molar-refractivity contribution in [2.45, 2.75) is 13.0 Å². The number of rotatable bonds is 7. The van der Waals surface area contributed by atoms with Gasteiger partial charge in [0.1, 0.15) is 12.3 Å². The molecule has 154 valence electrons. The van der Waals surface area contributed by atoms with E-state index in [-0.39, 0.29) is 5.56 Å². The minimum absolute atomic E-state index is 0.276. The van der Waals surface area contributed by atoms with Gasteiger partial charge in [-0.25, -0.2) is 13.2 Å². The van der Waals surface area contributed by atoms with Gasteiger partial charge in [0.05, 0.1) is 12.8 Å². The van der Waals surface area contributed by atoms with Crippen molar-refractivity contribution in [2.24, 2.45) is 0 Å². The molecule has 0 aliphatic heterocycles. The van der Waals surface area contributed by atoms with Crippen LogP contribution in [0.5, 0.6) is 5.75 Å². The van der Waals surface area contributed by atoms with Crippen molar-refractivity contribution in [1.82, 2.24) is 5.32 Å². The summed E-state index contributed by atoms with van der Waals surface area (Å²) < 4.78 is 49.4. The van der Waals surface area contributed by atoms with Crippen LogP contribution in [0, 0.1) is 17.5 Å². The first kappa shape index (κ1) is 21.7. The monoisotopic (exact) mass is 410 g/mol. The van der Waals surface area contributed by atoms with Crippen LogP contribution in [-0.4, -0.2) is 37.5 Å². The molecule has 0 radical (unpaired) electrons. The number of esters is 1. The lowest BCUT2D eigenvalue weighted by Gasteiger charge is -2.14. The lowest BCUT2D eigenvalue weighted by atomic mass is 10.2. The average Bonchev–Trinajstić information content (AvgIpc) is 2.72. The second kappa shape index (κ2) is 9.58. The summed E-state index contributed by atoms with van der Waals surface area (Å²) in [6.45, 7) is 0.665. The molecular formula is C19H17F3N2O5. The summed E-state index contributed by atoms with van der Waals surface area (Å²) in [5.74, 6) is -6.63. The summed E-state index contributed by atoms with van der Waals surface area (Å²) in [7, 11) is 1.48. The Bertz CT molecular complexity index is 919. The number of benzene rings is 2. The van der Waals surface area contributed by atoms with Gasteiger partial charge < -0.3 is 20.1 Å². The van der Waals surface area contributed by atoms with Gasteiger partial charge in [-0.05, 0) is 43.3 Å². The highest BCUT2D eigenvalue weighted by Crippen LogP contribution is 2.20. The molecule has 2 amide bonds. The first-order valence-corrected chi connectivity index (χ1v) is 8.29. The summed E-state index contributed by atoms with van der Waals surface area (Å²) in [6.07, 6.45) is -1.38. The second-order valence-corrected chi connectivity index (χ2v) is 5.76. The van der Waals surface area contributed by atoms with Crippen LogP contribution in [0.1, 0.15) is 17.3 Å². The maximum absolute atomic E-state index is 13.6. The van der Waals surface area contributed by atoms with E-state index in [1.54, 1.807) is 12.1 Å². The zero-order chi connectivity index (χ0) is 21.6. The Kier molecular flexibility index (Phi) is 7.18. The number of carbonyl (C=O) groups is 3. The van der Waals surface area contributed by atoms with E-state index in [2.05, 4.69) is 5.32 Å². The molecule has 0 bridgehead atoms. The van der Waals surface area contributed by atoms with Gasteiger partial charge in [0.25, 0.3) is 11.8 Å². The molecule has 0 aliphatic carbocycles. The van der Waals surface area contributed by atoms with E-state index in [9.17, 15) is 27.6 Å². The van der Waals surface area contributed by atoms with Crippen LogP contribution in [0.4, 0.5) is 18.9 Å². The van der Waals surface area contributed by atoms with Gasteiger partial charge in [-0.3, -0.25) is 14.4 Å². The van der Waals surface area contributed by atoms with Crippen molar-refractivity contribution < 1.29 is 37.0 Å². The Balaban J connectivity index is 1.85. The number of hydrogen-bond acceptors (Lipinski definition) is 5. The molecular weight excluding hydrogens is 393 g/mol. The average molecular weight is 410 g/mol. The van der Waals surface area contributed by atoms with Gasteiger partial charge in [0, 0.05) is 5.56 Å². The second-order valence-electron chi connectivity index (χ2n) is 5.76. The zero-order valence-corrected chi connectivity index (χ0v) is 15.4. The Morgan fingerprint density at radius 3 is 2.28 bits per heavy atom. The molecule has 0 heterocycles. The summed E-state index contributed by atoms with van der Waals surface area (Å²) in [6, 6.07) is 7.58. The summed E-state index contributed by atoms with van der Waals surface area (Å²) in [4.78, 5) is 35.7. The third kappa shape index (κ3) is 5.71. The summed E-state index contributed by atoms with van der Waals surface area (Å²) in [5, 5.41) is 4.30. The molecule has 0 aromatic heterocycles. The fourth-order valence-electron chi connectivity index (χ4n) is 2.15. The number of halogens is 3. The standard InChI is InChI=1S/C19H17F3N2O5/c1-10(18(26)24-14-8-7-13(20)16(21)17(14)22)29-15(25)9-23-19(27)11-3-5-12(28-2)6-4-11/h3-8,10H,9H2,1-2H3,(H,23,27)(H,24,26)/t10-/m0/s1. The van der Waals surface area contributed by atoms with Crippen LogP contribution in [0.15, 0.2) is 36.4 Å². The van der Waals surface area contributed by atoms with Crippen molar-refractivity contribution in [3.8, 4) is 5.75 Å². The van der Waals surface area contributed by atoms with Gasteiger partial charge in [-0.2, -0.15) is 0 Å². The highest BCUT2D eigenvalue weighted by atomic mass is 19.2. The van der Waals surface area contributed by atoms with Crippen molar-refractivity contribution in [3.05, 3.63) is 59.4 Å². The van der Waals surface area contributed by atoms with Crippen molar-refractivity contribution in [3.63, 3.8) is 0 Å².